The fraction of sp³-hybridized carbons (Fsp3) is 0.182. The van der Waals surface area contributed by atoms with Crippen molar-refractivity contribution < 1.29 is 18.7 Å². The minimum atomic E-state index is -0.261. The van der Waals surface area contributed by atoms with Crippen molar-refractivity contribution in [2.24, 2.45) is 0 Å². The van der Waals surface area contributed by atoms with Crippen LogP contribution >= 0.6 is 0 Å². The number of carbonyl (C=O) groups excluding carboxylic acids is 1. The van der Waals surface area contributed by atoms with Gasteiger partial charge in [0.1, 0.15) is 11.6 Å². The molecule has 0 radical (unpaired) electrons. The number of pyridine rings is 1. The summed E-state index contributed by atoms with van der Waals surface area (Å²) in [6, 6.07) is 15.2. The standard InChI is InChI=1S/C22H22FN3O3/c1-28-19-9-5-16(11-20(19)29-2)12-22(27)26-21-10-8-18(14-25-21)24-13-15-3-6-17(23)7-4-15/h3-11,14,24H,12-13H2,1-2H3,(H,25,26,27). The lowest BCUT2D eigenvalue weighted by atomic mass is 10.1. The van der Waals surface area contributed by atoms with Gasteiger partial charge in [-0.15, -0.1) is 0 Å². The number of nitrogens with zero attached hydrogens (tertiary/aromatic N) is 1. The van der Waals surface area contributed by atoms with Crippen molar-refractivity contribution >= 4 is 17.4 Å². The summed E-state index contributed by atoms with van der Waals surface area (Å²) < 4.78 is 23.4. The SMILES string of the molecule is COc1ccc(CC(=O)Nc2ccc(NCc3ccc(F)cc3)cn2)cc1OC. The van der Waals surface area contributed by atoms with Gasteiger partial charge in [-0.25, -0.2) is 9.37 Å². The maximum Gasteiger partial charge on any atom is 0.229 e. The van der Waals surface area contributed by atoms with Crippen LogP contribution in [-0.2, 0) is 17.8 Å². The highest BCUT2D eigenvalue weighted by molar-refractivity contribution is 5.91. The highest BCUT2D eigenvalue weighted by atomic mass is 19.1. The van der Waals surface area contributed by atoms with Crippen molar-refractivity contribution in [3.05, 3.63) is 77.7 Å². The summed E-state index contributed by atoms with van der Waals surface area (Å²) in [5.41, 5.74) is 2.56. The molecule has 0 bridgehead atoms. The number of hydrogen-bond donors (Lipinski definition) is 2. The first kappa shape index (κ1) is 20.1. The number of rotatable bonds is 8. The average molecular weight is 395 g/mol. The van der Waals surface area contributed by atoms with Gasteiger partial charge < -0.3 is 20.1 Å². The highest BCUT2D eigenvalue weighted by Gasteiger charge is 2.09. The predicted molar refractivity (Wildman–Crippen MR) is 110 cm³/mol. The van der Waals surface area contributed by atoms with Gasteiger partial charge in [0.2, 0.25) is 5.91 Å². The van der Waals surface area contributed by atoms with Gasteiger partial charge in [0.15, 0.2) is 11.5 Å². The number of amides is 1. The van der Waals surface area contributed by atoms with Crippen LogP contribution in [0.1, 0.15) is 11.1 Å². The van der Waals surface area contributed by atoms with Crippen LogP contribution in [0.3, 0.4) is 0 Å². The second kappa shape index (κ2) is 9.54. The van der Waals surface area contributed by atoms with E-state index in [4.69, 9.17) is 9.47 Å². The first-order valence-corrected chi connectivity index (χ1v) is 9.02. The molecule has 7 heteroatoms. The number of methoxy groups -OCH3 is 2. The Hall–Kier alpha value is -3.61. The zero-order chi connectivity index (χ0) is 20.6. The van der Waals surface area contributed by atoms with Crippen molar-refractivity contribution in [1.29, 1.82) is 0 Å². The highest BCUT2D eigenvalue weighted by Crippen LogP contribution is 2.27. The molecule has 0 spiro atoms. The lowest BCUT2D eigenvalue weighted by molar-refractivity contribution is -0.115. The monoisotopic (exact) mass is 395 g/mol. The smallest absolute Gasteiger partial charge is 0.229 e. The van der Waals surface area contributed by atoms with Crippen molar-refractivity contribution in [2.45, 2.75) is 13.0 Å². The fourth-order valence-corrected chi connectivity index (χ4v) is 2.74. The number of hydrogen-bond acceptors (Lipinski definition) is 5. The molecule has 0 aliphatic heterocycles. The fourth-order valence-electron chi connectivity index (χ4n) is 2.74. The van der Waals surface area contributed by atoms with Crippen molar-refractivity contribution in [3.63, 3.8) is 0 Å². The van der Waals surface area contributed by atoms with Crippen molar-refractivity contribution in [2.75, 3.05) is 24.9 Å². The molecule has 0 unspecified atom stereocenters. The van der Waals surface area contributed by atoms with E-state index < -0.39 is 0 Å². The van der Waals surface area contributed by atoms with E-state index in [2.05, 4.69) is 15.6 Å². The molecule has 0 fully saturated rings. The first-order chi connectivity index (χ1) is 14.1. The maximum atomic E-state index is 12.9. The van der Waals surface area contributed by atoms with Gasteiger partial charge in [0.25, 0.3) is 0 Å². The molecule has 2 aromatic carbocycles. The Morgan fingerprint density at radius 1 is 0.966 bits per heavy atom. The number of carbonyl (C=O) groups is 1. The van der Waals surface area contributed by atoms with Gasteiger partial charge in [-0.05, 0) is 47.5 Å². The Kier molecular flexibility index (Phi) is 6.63. The summed E-state index contributed by atoms with van der Waals surface area (Å²) in [7, 11) is 3.12. The van der Waals surface area contributed by atoms with E-state index in [1.54, 1.807) is 50.7 Å². The molecule has 0 atom stereocenters. The van der Waals surface area contributed by atoms with Crippen LogP contribution in [0.4, 0.5) is 15.9 Å². The lowest BCUT2D eigenvalue weighted by Gasteiger charge is -2.10. The van der Waals surface area contributed by atoms with E-state index in [9.17, 15) is 9.18 Å². The number of benzene rings is 2. The van der Waals surface area contributed by atoms with Crippen molar-refractivity contribution in [3.8, 4) is 11.5 Å². The molecule has 0 aliphatic rings. The van der Waals surface area contributed by atoms with E-state index in [0.717, 1.165) is 16.8 Å². The Labute approximate surface area is 168 Å². The Bertz CT molecular complexity index is 960. The molecule has 0 saturated carbocycles. The molecule has 6 nitrogen and oxygen atoms in total. The van der Waals surface area contributed by atoms with Crippen LogP contribution in [0.25, 0.3) is 0 Å². The quantitative estimate of drug-likeness (QED) is 0.603. The number of halogens is 1. The van der Waals surface area contributed by atoms with E-state index in [0.29, 0.717) is 23.9 Å². The summed E-state index contributed by atoms with van der Waals surface area (Å²) in [4.78, 5) is 16.5. The van der Waals surface area contributed by atoms with Crippen LogP contribution in [0.5, 0.6) is 11.5 Å². The van der Waals surface area contributed by atoms with Crippen LogP contribution < -0.4 is 20.1 Å². The molecule has 1 amide bonds. The van der Waals surface area contributed by atoms with Crippen LogP contribution in [0.2, 0.25) is 0 Å². The molecule has 0 aliphatic carbocycles. The molecule has 3 aromatic rings. The molecular weight excluding hydrogens is 373 g/mol. The van der Waals surface area contributed by atoms with Gasteiger partial charge in [0, 0.05) is 6.54 Å². The molecule has 2 N–H and O–H groups in total. The van der Waals surface area contributed by atoms with Crippen molar-refractivity contribution in [1.82, 2.24) is 4.98 Å². The minimum Gasteiger partial charge on any atom is -0.493 e. The van der Waals surface area contributed by atoms with E-state index in [1.807, 2.05) is 12.1 Å². The Morgan fingerprint density at radius 2 is 1.69 bits per heavy atom. The Balaban J connectivity index is 1.53. The third kappa shape index (κ3) is 5.68. The first-order valence-electron chi connectivity index (χ1n) is 9.02. The van der Waals surface area contributed by atoms with E-state index in [-0.39, 0.29) is 18.1 Å². The van der Waals surface area contributed by atoms with Gasteiger partial charge in [-0.2, -0.15) is 0 Å². The van der Waals surface area contributed by atoms with Crippen LogP contribution in [-0.4, -0.2) is 25.1 Å². The normalized spacial score (nSPS) is 10.3. The zero-order valence-electron chi connectivity index (χ0n) is 16.2. The van der Waals surface area contributed by atoms with E-state index >= 15 is 0 Å². The number of anilines is 2. The average Bonchev–Trinajstić information content (AvgIpc) is 2.74. The van der Waals surface area contributed by atoms with Gasteiger partial charge >= 0.3 is 0 Å². The molecule has 1 heterocycles. The molecule has 0 saturated heterocycles. The number of aromatic nitrogens is 1. The Morgan fingerprint density at radius 3 is 2.34 bits per heavy atom. The summed E-state index contributed by atoms with van der Waals surface area (Å²) >= 11 is 0. The minimum absolute atomic E-state index is 0.184. The zero-order valence-corrected chi connectivity index (χ0v) is 16.2. The molecule has 150 valence electrons. The van der Waals surface area contributed by atoms with Gasteiger partial charge in [0.05, 0.1) is 32.5 Å². The third-order valence-electron chi connectivity index (χ3n) is 4.25. The lowest BCUT2D eigenvalue weighted by Crippen LogP contribution is -2.15. The summed E-state index contributed by atoms with van der Waals surface area (Å²) in [5, 5.41) is 5.97. The maximum absolute atomic E-state index is 12.9. The molecule has 29 heavy (non-hydrogen) atoms. The number of ether oxygens (including phenoxy) is 2. The number of nitrogens with one attached hydrogen (secondary N) is 2. The molecule has 3 rings (SSSR count). The summed E-state index contributed by atoms with van der Waals surface area (Å²) in [5.74, 6) is 1.21. The summed E-state index contributed by atoms with van der Waals surface area (Å²) in [6.07, 6.45) is 1.82. The topological polar surface area (TPSA) is 72.5 Å². The van der Waals surface area contributed by atoms with Gasteiger partial charge in [-0.1, -0.05) is 18.2 Å². The van der Waals surface area contributed by atoms with Gasteiger partial charge in [-0.3, -0.25) is 4.79 Å². The largest absolute Gasteiger partial charge is 0.493 e. The predicted octanol–water partition coefficient (Wildman–Crippen LogP) is 4.03. The summed E-state index contributed by atoms with van der Waals surface area (Å²) in [6.45, 7) is 0.549. The molecule has 1 aromatic heterocycles. The van der Waals surface area contributed by atoms with Crippen LogP contribution in [0.15, 0.2) is 60.8 Å². The third-order valence-corrected chi connectivity index (χ3v) is 4.25. The second-order valence-electron chi connectivity index (χ2n) is 6.33. The van der Waals surface area contributed by atoms with E-state index in [1.165, 1.54) is 12.1 Å². The molecular formula is C22H22FN3O3. The second-order valence-corrected chi connectivity index (χ2v) is 6.33. The van der Waals surface area contributed by atoms with Crippen LogP contribution in [0, 0.1) is 5.82 Å².